The van der Waals surface area contributed by atoms with Crippen molar-refractivity contribution in [3.8, 4) is 11.1 Å². The van der Waals surface area contributed by atoms with E-state index < -0.39 is 47.4 Å². The van der Waals surface area contributed by atoms with E-state index in [1.807, 2.05) is 12.1 Å². The fraction of sp³-hybridized carbons (Fsp3) is 0.417. The second-order valence-electron chi connectivity index (χ2n) is 13.9. The van der Waals surface area contributed by atoms with Crippen LogP contribution in [-0.4, -0.2) is 96.1 Å². The Morgan fingerprint density at radius 3 is 2.47 bits per heavy atom. The number of ketones is 1. The third kappa shape index (κ3) is 7.76. The number of ether oxygens (including phenoxy) is 1. The van der Waals surface area contributed by atoms with Crippen molar-refractivity contribution in [2.24, 2.45) is 11.3 Å². The first-order valence-corrected chi connectivity index (χ1v) is 17.8. The quantitative estimate of drug-likeness (QED) is 0.113. The molecular weight excluding hydrogens is 750 g/mol. The predicted molar refractivity (Wildman–Crippen MR) is 196 cm³/mol. The molecule has 4 heterocycles. The van der Waals surface area contributed by atoms with Crippen molar-refractivity contribution >= 4 is 62.2 Å². The lowest BCUT2D eigenvalue weighted by Gasteiger charge is -2.27. The number of likely N-dealkylation sites (tertiary alicyclic amines) is 1. The number of aromatic nitrogens is 5. The SMILES string of the molecule is COCc1ccc(Br)nc1NC(=O)[C@@H]1C[C@@]2(CNC(=O)[C@@H](NC(=O)O)C(C)C)C[C@H]2N1C(=O)Cn1nc(C(C)=O)c2cc(-c3cnc(C)nc3)ccc21. The standard InChI is InChI=1S/C36H40BrN9O7/c1-18(2)30(42-35(51)52)34(50)40-17-36-11-26(33(49)43-32-22(16-53-5)7-9-28(37)41-32)46(27(36)12-36)29(48)15-45-25-8-6-21(23-13-38-20(4)39-14-23)10-24(25)31(44-45)19(3)47/h6-10,13-14,18,26-27,30,42H,11-12,15-17H2,1-5H3,(H,40,50)(H,51,52)(H,41,43,49)/t26-,27+,30-,36-/m0/s1. The van der Waals surface area contributed by atoms with E-state index in [2.05, 4.69) is 51.9 Å². The molecule has 6 rings (SSSR count). The first kappa shape index (κ1) is 37.5. The molecule has 2 aliphatic rings. The van der Waals surface area contributed by atoms with Crippen LogP contribution in [0.4, 0.5) is 10.6 Å². The van der Waals surface area contributed by atoms with Gasteiger partial charge in [-0.2, -0.15) is 5.10 Å². The number of benzene rings is 1. The van der Waals surface area contributed by atoms with Crippen molar-refractivity contribution in [3.63, 3.8) is 0 Å². The van der Waals surface area contributed by atoms with Crippen LogP contribution in [0.3, 0.4) is 0 Å². The van der Waals surface area contributed by atoms with Gasteiger partial charge in [-0.1, -0.05) is 26.0 Å². The van der Waals surface area contributed by atoms with Gasteiger partial charge < -0.3 is 30.7 Å². The first-order chi connectivity index (χ1) is 25.2. The molecule has 4 amide bonds. The number of halogens is 1. The molecule has 53 heavy (non-hydrogen) atoms. The molecule has 4 N–H and O–H groups in total. The zero-order valence-electron chi connectivity index (χ0n) is 29.8. The van der Waals surface area contributed by atoms with Crippen LogP contribution in [0.5, 0.6) is 0 Å². The van der Waals surface area contributed by atoms with E-state index in [4.69, 9.17) is 4.74 Å². The maximum Gasteiger partial charge on any atom is 0.405 e. The number of carbonyl (C=O) groups is 5. The number of fused-ring (bicyclic) bond motifs is 2. The number of aryl methyl sites for hydroxylation is 1. The average Bonchev–Trinajstić information content (AvgIpc) is 3.53. The topological polar surface area (TPSA) is 211 Å². The Bertz CT molecular complexity index is 2100. The number of nitrogens with zero attached hydrogens (tertiary/aromatic N) is 6. The summed E-state index contributed by atoms with van der Waals surface area (Å²) in [5, 5.41) is 22.4. The van der Waals surface area contributed by atoms with Gasteiger partial charge in [0.2, 0.25) is 17.7 Å². The second kappa shape index (κ2) is 15.0. The van der Waals surface area contributed by atoms with E-state index in [0.29, 0.717) is 33.3 Å². The molecule has 0 spiro atoms. The largest absolute Gasteiger partial charge is 0.465 e. The second-order valence-corrected chi connectivity index (χ2v) is 14.7. The van der Waals surface area contributed by atoms with E-state index in [1.165, 1.54) is 18.7 Å². The van der Waals surface area contributed by atoms with Crippen LogP contribution in [0, 0.1) is 18.3 Å². The van der Waals surface area contributed by atoms with Crippen molar-refractivity contribution in [2.75, 3.05) is 19.0 Å². The molecule has 17 heteroatoms. The molecule has 1 saturated carbocycles. The van der Waals surface area contributed by atoms with Gasteiger partial charge in [-0.25, -0.2) is 19.7 Å². The Kier molecular flexibility index (Phi) is 10.6. The number of rotatable bonds is 13. The van der Waals surface area contributed by atoms with Crippen LogP contribution in [0.1, 0.15) is 55.5 Å². The van der Waals surface area contributed by atoms with Crippen LogP contribution in [0.2, 0.25) is 0 Å². The molecule has 278 valence electrons. The summed E-state index contributed by atoms with van der Waals surface area (Å²) >= 11 is 3.35. The third-order valence-electron chi connectivity index (χ3n) is 9.82. The van der Waals surface area contributed by atoms with Gasteiger partial charge in [0.05, 0.1) is 12.1 Å². The zero-order chi connectivity index (χ0) is 38.2. The van der Waals surface area contributed by atoms with Crippen molar-refractivity contribution in [3.05, 3.63) is 64.4 Å². The van der Waals surface area contributed by atoms with Gasteiger partial charge in [0.15, 0.2) is 5.78 Å². The molecule has 0 bridgehead atoms. The van der Waals surface area contributed by atoms with Crippen LogP contribution < -0.4 is 16.0 Å². The molecule has 1 aromatic carbocycles. The number of hydrogen-bond donors (Lipinski definition) is 4. The van der Waals surface area contributed by atoms with E-state index >= 15 is 0 Å². The van der Waals surface area contributed by atoms with Gasteiger partial charge in [-0.15, -0.1) is 0 Å². The Balaban J connectivity index is 1.29. The summed E-state index contributed by atoms with van der Waals surface area (Å²) in [5.74, 6) is -1.05. The Morgan fingerprint density at radius 2 is 1.81 bits per heavy atom. The highest BCUT2D eigenvalue weighted by atomic mass is 79.9. The number of carbonyl (C=O) groups excluding carboxylic acids is 4. The lowest BCUT2D eigenvalue weighted by molar-refractivity contribution is -0.138. The summed E-state index contributed by atoms with van der Waals surface area (Å²) in [4.78, 5) is 80.2. The minimum Gasteiger partial charge on any atom is -0.465 e. The van der Waals surface area contributed by atoms with E-state index in [1.54, 1.807) is 56.3 Å². The molecule has 3 aromatic heterocycles. The smallest absolute Gasteiger partial charge is 0.405 e. The maximum atomic E-state index is 14.4. The summed E-state index contributed by atoms with van der Waals surface area (Å²) in [6.07, 6.45) is 2.83. The predicted octanol–water partition coefficient (Wildman–Crippen LogP) is 3.71. The van der Waals surface area contributed by atoms with Crippen molar-refractivity contribution in [1.29, 1.82) is 0 Å². The number of hydrogen-bond acceptors (Lipinski definition) is 10. The zero-order valence-corrected chi connectivity index (χ0v) is 31.4. The first-order valence-electron chi connectivity index (χ1n) is 17.1. The molecule has 2 fully saturated rings. The van der Waals surface area contributed by atoms with Crippen molar-refractivity contribution in [1.82, 2.24) is 40.3 Å². The van der Waals surface area contributed by atoms with E-state index in [-0.39, 0.29) is 49.3 Å². The molecule has 0 radical (unpaired) electrons. The van der Waals surface area contributed by atoms with E-state index in [9.17, 15) is 29.1 Å². The number of Topliss-reactive ketones (excluding diaryl/α,β-unsaturated/α-hetero) is 1. The molecule has 1 aliphatic carbocycles. The minimum absolute atomic E-state index is 0.128. The van der Waals surface area contributed by atoms with Crippen LogP contribution in [0.25, 0.3) is 22.0 Å². The monoisotopic (exact) mass is 789 g/mol. The number of pyridine rings is 1. The van der Waals surface area contributed by atoms with Crippen molar-refractivity contribution < 1.29 is 33.8 Å². The molecule has 4 aromatic rings. The Morgan fingerprint density at radius 1 is 1.08 bits per heavy atom. The Labute approximate surface area is 313 Å². The number of carboxylic acid groups (broad SMARTS) is 1. The van der Waals surface area contributed by atoms with E-state index in [0.717, 1.165) is 11.1 Å². The van der Waals surface area contributed by atoms with Crippen LogP contribution in [-0.2, 0) is 32.3 Å². The summed E-state index contributed by atoms with van der Waals surface area (Å²) in [7, 11) is 1.53. The fourth-order valence-corrected chi connectivity index (χ4v) is 7.35. The number of amides is 4. The number of piperidine rings is 1. The van der Waals surface area contributed by atoms with Gasteiger partial charge in [0, 0.05) is 60.9 Å². The van der Waals surface area contributed by atoms with Gasteiger partial charge >= 0.3 is 6.09 Å². The lowest BCUT2D eigenvalue weighted by Crippen LogP contribution is -2.50. The highest BCUT2D eigenvalue weighted by Crippen LogP contribution is 2.59. The van der Waals surface area contributed by atoms with Gasteiger partial charge in [0.1, 0.15) is 40.6 Å². The number of nitrogens with one attached hydrogen (secondary N) is 3. The van der Waals surface area contributed by atoms with Gasteiger partial charge in [-0.3, -0.25) is 23.9 Å². The van der Waals surface area contributed by atoms with Gasteiger partial charge in [-0.05, 0) is 65.4 Å². The number of anilines is 1. The highest BCUT2D eigenvalue weighted by molar-refractivity contribution is 9.10. The number of methoxy groups -OCH3 is 1. The summed E-state index contributed by atoms with van der Waals surface area (Å²) in [6, 6.07) is 6.63. The third-order valence-corrected chi connectivity index (χ3v) is 10.3. The maximum absolute atomic E-state index is 14.4. The molecule has 4 atom stereocenters. The normalized spacial score (nSPS) is 19.5. The highest BCUT2D eigenvalue weighted by Gasteiger charge is 2.67. The minimum atomic E-state index is -1.32. The molecule has 16 nitrogen and oxygen atoms in total. The van der Waals surface area contributed by atoms with Gasteiger partial charge in [0.25, 0.3) is 0 Å². The summed E-state index contributed by atoms with van der Waals surface area (Å²) in [5.41, 5.74) is 2.30. The lowest BCUT2D eigenvalue weighted by atomic mass is 9.98. The average molecular weight is 791 g/mol. The Hall–Kier alpha value is -5.29. The fourth-order valence-electron chi connectivity index (χ4n) is 7.04. The molecule has 1 aliphatic heterocycles. The summed E-state index contributed by atoms with van der Waals surface area (Å²) in [6.45, 7) is 6.72. The van der Waals surface area contributed by atoms with Crippen molar-refractivity contribution in [2.45, 2.75) is 71.8 Å². The molecule has 0 unspecified atom stereocenters. The molecule has 1 saturated heterocycles. The van der Waals surface area contributed by atoms with Crippen LogP contribution in [0.15, 0.2) is 47.3 Å². The van der Waals surface area contributed by atoms with Crippen LogP contribution >= 0.6 is 15.9 Å². The summed E-state index contributed by atoms with van der Waals surface area (Å²) < 4.78 is 7.26. The molecular formula is C36H40BrN9O7.